The maximum absolute atomic E-state index is 13.4. The fourth-order valence-electron chi connectivity index (χ4n) is 7.36. The Morgan fingerprint density at radius 3 is 2.14 bits per heavy atom. The molecule has 3 aliphatic heterocycles. The van der Waals surface area contributed by atoms with E-state index in [1.54, 1.807) is 4.31 Å². The van der Waals surface area contributed by atoms with Crippen molar-refractivity contribution in [2.45, 2.75) is 102 Å². The first-order valence-corrected chi connectivity index (χ1v) is 15.7. The first-order chi connectivity index (χ1) is 17.1. The molecule has 4 unspecified atom stereocenters. The third-order valence-electron chi connectivity index (χ3n) is 9.40. The molecule has 0 radical (unpaired) electrons. The summed E-state index contributed by atoms with van der Waals surface area (Å²) in [5.74, 6) is 1.28. The molecule has 2 amide bonds. The average Bonchev–Trinajstić information content (AvgIpc) is 3.19. The summed E-state index contributed by atoms with van der Waals surface area (Å²) in [4.78, 5) is 26.6. The third kappa shape index (κ3) is 5.76. The van der Waals surface area contributed by atoms with Crippen molar-refractivity contribution in [1.29, 1.82) is 0 Å². The highest BCUT2D eigenvalue weighted by molar-refractivity contribution is 7.89. The minimum atomic E-state index is -3.30. The smallest absolute Gasteiger partial charge is 0.228 e. The predicted molar refractivity (Wildman–Crippen MR) is 140 cm³/mol. The number of rotatable bonds is 7. The van der Waals surface area contributed by atoms with Gasteiger partial charge in [-0.05, 0) is 84.0 Å². The molecule has 4 rings (SSSR count). The van der Waals surface area contributed by atoms with Gasteiger partial charge in [0, 0.05) is 57.8 Å². The van der Waals surface area contributed by atoms with Crippen LogP contribution in [0.2, 0.25) is 0 Å². The third-order valence-corrected chi connectivity index (χ3v) is 11.8. The molecule has 4 atom stereocenters. The Morgan fingerprint density at radius 1 is 0.944 bits per heavy atom. The normalized spacial score (nSPS) is 34.8. The quantitative estimate of drug-likeness (QED) is 0.527. The first-order valence-electron chi connectivity index (χ1n) is 14.2. The van der Waals surface area contributed by atoms with Gasteiger partial charge in [0.05, 0.1) is 11.2 Å². The number of nitrogens with one attached hydrogen (secondary N) is 2. The monoisotopic (exact) mass is 525 g/mol. The Hall–Kier alpha value is -1.23. The molecule has 2 N–H and O–H groups in total. The van der Waals surface area contributed by atoms with E-state index in [0.29, 0.717) is 37.8 Å². The van der Waals surface area contributed by atoms with Crippen molar-refractivity contribution in [3.8, 4) is 0 Å². The number of nitrogens with zero attached hydrogens (tertiary/aromatic N) is 3. The highest BCUT2D eigenvalue weighted by atomic mass is 32.2. The predicted octanol–water partition coefficient (Wildman–Crippen LogP) is 1.95. The van der Waals surface area contributed by atoms with Gasteiger partial charge in [0.1, 0.15) is 0 Å². The van der Waals surface area contributed by atoms with Gasteiger partial charge >= 0.3 is 0 Å². The fourth-order valence-corrected chi connectivity index (χ4v) is 9.37. The summed E-state index contributed by atoms with van der Waals surface area (Å²) >= 11 is 0. The van der Waals surface area contributed by atoms with Crippen LogP contribution in [0.1, 0.15) is 79.1 Å². The molecule has 10 heteroatoms. The van der Waals surface area contributed by atoms with Crippen LogP contribution in [0.5, 0.6) is 0 Å². The highest BCUT2D eigenvalue weighted by Crippen LogP contribution is 2.40. The lowest BCUT2D eigenvalue weighted by molar-refractivity contribution is -0.136. The number of fused-ring (bicyclic) bond motifs is 1. The second kappa shape index (κ2) is 11.7. The van der Waals surface area contributed by atoms with Crippen molar-refractivity contribution in [2.24, 2.45) is 17.8 Å². The summed E-state index contributed by atoms with van der Waals surface area (Å²) in [6, 6.07) is 0.484. The zero-order valence-corrected chi connectivity index (χ0v) is 23.4. The average molecular weight is 526 g/mol. The number of hydrazine groups is 1. The van der Waals surface area contributed by atoms with Crippen molar-refractivity contribution in [2.75, 3.05) is 32.7 Å². The van der Waals surface area contributed by atoms with Gasteiger partial charge in [-0.15, -0.1) is 0 Å². The van der Waals surface area contributed by atoms with Crippen LogP contribution in [-0.4, -0.2) is 90.5 Å². The fraction of sp³-hybridized carbons (Fsp3) is 0.923. The van der Waals surface area contributed by atoms with Gasteiger partial charge in [-0.25, -0.2) is 17.7 Å². The van der Waals surface area contributed by atoms with Crippen molar-refractivity contribution in [3.05, 3.63) is 0 Å². The molecule has 4 fully saturated rings. The van der Waals surface area contributed by atoms with Gasteiger partial charge in [0.25, 0.3) is 0 Å². The van der Waals surface area contributed by atoms with Crippen molar-refractivity contribution in [3.63, 3.8) is 0 Å². The molecule has 0 aromatic rings. The first kappa shape index (κ1) is 27.8. The molecule has 1 aliphatic carbocycles. The van der Waals surface area contributed by atoms with Crippen LogP contribution in [0, 0.1) is 17.8 Å². The molecule has 0 spiro atoms. The molecule has 3 heterocycles. The highest BCUT2D eigenvalue weighted by Gasteiger charge is 2.48. The Kier molecular flexibility index (Phi) is 9.00. The number of sulfonamides is 1. The molecule has 9 nitrogen and oxygen atoms in total. The summed E-state index contributed by atoms with van der Waals surface area (Å²) in [6.07, 6.45) is 6.66. The van der Waals surface area contributed by atoms with E-state index in [9.17, 15) is 18.0 Å². The van der Waals surface area contributed by atoms with Gasteiger partial charge in [0.15, 0.2) is 0 Å². The molecule has 206 valence electrons. The number of carbonyl (C=O) groups excluding carboxylic acids is 2. The Balaban J connectivity index is 1.31. The van der Waals surface area contributed by atoms with E-state index >= 15 is 0 Å². The maximum atomic E-state index is 13.4. The summed E-state index contributed by atoms with van der Waals surface area (Å²) in [5.41, 5.74) is 3.57. The number of carbonyl (C=O) groups is 2. The molecule has 4 aliphatic rings. The van der Waals surface area contributed by atoms with Crippen LogP contribution in [0.3, 0.4) is 0 Å². The number of hydrogen-bond donors (Lipinski definition) is 2. The summed E-state index contributed by atoms with van der Waals surface area (Å²) in [5, 5.41) is 4.93. The van der Waals surface area contributed by atoms with Gasteiger partial charge < -0.3 is 10.2 Å². The van der Waals surface area contributed by atoms with Crippen molar-refractivity contribution in [1.82, 2.24) is 25.0 Å². The Bertz CT molecular complexity index is 879. The van der Waals surface area contributed by atoms with E-state index < -0.39 is 10.0 Å². The van der Waals surface area contributed by atoms with Crippen LogP contribution in [-0.2, 0) is 19.6 Å². The SMILES string of the molecule is CCN(CC)C(=O)C1C(C)NN2CCC(C3CCN(S(=O)(=O)C4CCC(NC(C)=O)CC4)CC3)CC12. The minimum Gasteiger partial charge on any atom is -0.354 e. The molecule has 3 saturated heterocycles. The number of amides is 2. The van der Waals surface area contributed by atoms with Crippen molar-refractivity contribution < 1.29 is 18.0 Å². The molecule has 0 bridgehead atoms. The van der Waals surface area contributed by atoms with Gasteiger partial charge in [-0.2, -0.15) is 0 Å². The lowest BCUT2D eigenvalue weighted by Crippen LogP contribution is -2.50. The summed E-state index contributed by atoms with van der Waals surface area (Å²) < 4.78 is 28.5. The lowest BCUT2D eigenvalue weighted by Gasteiger charge is -2.43. The van der Waals surface area contributed by atoms with Crippen LogP contribution in [0.15, 0.2) is 0 Å². The van der Waals surface area contributed by atoms with E-state index in [1.165, 1.54) is 6.92 Å². The standard InChI is InChI=1S/C26H47N5O4S/c1-5-29(6-2)26(33)25-18(3)28-31-16-13-21(17-24(25)31)20-11-14-30(15-12-20)36(34,35)23-9-7-22(8-10-23)27-19(4)32/h18,20-25,28H,5-17H2,1-4H3,(H,27,32). The Morgan fingerprint density at radius 2 is 1.56 bits per heavy atom. The molecule has 36 heavy (non-hydrogen) atoms. The van der Waals surface area contributed by atoms with Crippen LogP contribution in [0.25, 0.3) is 0 Å². The van der Waals surface area contributed by atoms with E-state index in [-0.39, 0.29) is 41.1 Å². The maximum Gasteiger partial charge on any atom is 0.228 e. The van der Waals surface area contributed by atoms with E-state index in [0.717, 1.165) is 58.2 Å². The van der Waals surface area contributed by atoms with Gasteiger partial charge in [-0.1, -0.05) is 0 Å². The largest absolute Gasteiger partial charge is 0.354 e. The van der Waals surface area contributed by atoms with Crippen LogP contribution >= 0.6 is 0 Å². The summed E-state index contributed by atoms with van der Waals surface area (Å²) in [6.45, 7) is 11.4. The van der Waals surface area contributed by atoms with E-state index in [1.807, 2.05) is 18.7 Å². The second-order valence-corrected chi connectivity index (χ2v) is 13.7. The molecule has 1 saturated carbocycles. The number of piperidine rings is 2. The van der Waals surface area contributed by atoms with Crippen molar-refractivity contribution >= 4 is 21.8 Å². The van der Waals surface area contributed by atoms with Crippen LogP contribution < -0.4 is 10.7 Å². The van der Waals surface area contributed by atoms with Gasteiger partial charge in [-0.3, -0.25) is 15.0 Å². The molecule has 0 aromatic heterocycles. The van der Waals surface area contributed by atoms with Gasteiger partial charge in [0.2, 0.25) is 21.8 Å². The van der Waals surface area contributed by atoms with E-state index in [2.05, 4.69) is 22.7 Å². The Labute approximate surface area is 217 Å². The zero-order valence-electron chi connectivity index (χ0n) is 22.6. The molecule has 0 aromatic carbocycles. The molecular weight excluding hydrogens is 478 g/mol. The topological polar surface area (TPSA) is 102 Å². The van der Waals surface area contributed by atoms with Crippen LogP contribution in [0.4, 0.5) is 0 Å². The molecular formula is C26H47N5O4S. The summed E-state index contributed by atoms with van der Waals surface area (Å²) in [7, 11) is -3.30. The number of hydrogen-bond acceptors (Lipinski definition) is 6. The second-order valence-electron chi connectivity index (χ2n) is 11.5. The minimum absolute atomic E-state index is 0.0132. The lowest BCUT2D eigenvalue weighted by atomic mass is 9.74. The van der Waals surface area contributed by atoms with E-state index in [4.69, 9.17) is 0 Å². The zero-order chi connectivity index (χ0) is 26.0.